The highest BCUT2D eigenvalue weighted by Gasteiger charge is 2.38. The Bertz CT molecular complexity index is 929. The van der Waals surface area contributed by atoms with E-state index in [-0.39, 0.29) is 12.2 Å². The fraction of sp³-hybridized carbons (Fsp3) is 0.364. The number of ketones is 1. The third-order valence-corrected chi connectivity index (χ3v) is 5.01. The minimum atomic E-state index is -1.22. The van der Waals surface area contributed by atoms with Gasteiger partial charge in [-0.1, -0.05) is 19.4 Å². The molecule has 2 aliphatic heterocycles. The van der Waals surface area contributed by atoms with Crippen LogP contribution in [0.4, 0.5) is 0 Å². The number of allylic oxidation sites excluding steroid dienone is 2. The normalized spacial score (nSPS) is 22.2. The Morgan fingerprint density at radius 2 is 2.24 bits per heavy atom. The maximum atomic E-state index is 13.0. The molecule has 0 saturated carbocycles. The first-order valence-electron chi connectivity index (χ1n) is 9.73. The van der Waals surface area contributed by atoms with Gasteiger partial charge in [-0.15, -0.1) is 0 Å². The predicted molar refractivity (Wildman–Crippen MR) is 104 cm³/mol. The van der Waals surface area contributed by atoms with Gasteiger partial charge in [0.05, 0.1) is 18.8 Å². The number of ether oxygens (including phenoxy) is 3. The molecule has 0 spiro atoms. The van der Waals surface area contributed by atoms with Gasteiger partial charge in [0.1, 0.15) is 17.3 Å². The van der Waals surface area contributed by atoms with Crippen molar-refractivity contribution in [3.05, 3.63) is 59.0 Å². The highest BCUT2D eigenvalue weighted by Crippen LogP contribution is 2.32. The van der Waals surface area contributed by atoms with Crippen molar-refractivity contribution in [2.75, 3.05) is 13.2 Å². The summed E-state index contributed by atoms with van der Waals surface area (Å²) < 4.78 is 16.5. The van der Waals surface area contributed by atoms with Crippen LogP contribution in [0, 0.1) is 0 Å². The number of benzene rings is 1. The maximum Gasteiger partial charge on any atom is 0.338 e. The number of carbonyl (C=O) groups is 2. The lowest BCUT2D eigenvalue weighted by Gasteiger charge is -2.27. The molecule has 0 aromatic heterocycles. The lowest BCUT2D eigenvalue weighted by atomic mass is 9.88. The monoisotopic (exact) mass is 396 g/mol. The van der Waals surface area contributed by atoms with Crippen molar-refractivity contribution in [2.45, 2.75) is 38.3 Å². The molecule has 151 valence electrons. The van der Waals surface area contributed by atoms with Crippen molar-refractivity contribution in [2.24, 2.45) is 0 Å². The molecule has 0 fully saturated rings. The molecular formula is C22H22NO6. The number of Topliss-reactive ketones (excluding diaryl/α,β-unsaturated/α-hetero) is 1. The lowest BCUT2D eigenvalue weighted by Crippen LogP contribution is -2.40. The van der Waals surface area contributed by atoms with Crippen LogP contribution in [0.3, 0.4) is 0 Å². The minimum absolute atomic E-state index is 0.0504. The van der Waals surface area contributed by atoms with Crippen molar-refractivity contribution in [1.29, 1.82) is 0 Å². The second kappa shape index (κ2) is 8.03. The zero-order valence-electron chi connectivity index (χ0n) is 16.1. The molecule has 7 heteroatoms. The molecule has 1 aromatic rings. The summed E-state index contributed by atoms with van der Waals surface area (Å²) in [5.41, 5.74) is 1.53. The van der Waals surface area contributed by atoms with E-state index in [1.165, 1.54) is 6.20 Å². The summed E-state index contributed by atoms with van der Waals surface area (Å²) in [6, 6.07) is 4.19. The van der Waals surface area contributed by atoms with Crippen LogP contribution in [0.25, 0.3) is 0 Å². The second-order valence-corrected chi connectivity index (χ2v) is 7.05. The Morgan fingerprint density at radius 3 is 3.07 bits per heavy atom. The molecule has 4 rings (SSSR count). The SMILES string of the molecule is CCCCOC(=O)C1[N]C=C2C=CC(Oc3ccc4c(c3)CCO4)C(=O)C2=C1O. The molecule has 1 radical (unpaired) electrons. The van der Waals surface area contributed by atoms with Gasteiger partial charge in [0.15, 0.2) is 6.10 Å². The number of aliphatic hydroxyl groups is 1. The van der Waals surface area contributed by atoms with Crippen LogP contribution < -0.4 is 14.8 Å². The summed E-state index contributed by atoms with van der Waals surface area (Å²) in [5, 5.41) is 14.6. The highest BCUT2D eigenvalue weighted by molar-refractivity contribution is 6.07. The topological polar surface area (TPSA) is 96.2 Å². The zero-order chi connectivity index (χ0) is 20.4. The lowest BCUT2D eigenvalue weighted by molar-refractivity contribution is -0.145. The molecule has 2 heterocycles. The molecule has 3 aliphatic rings. The number of unbranched alkanes of at least 4 members (excludes halogenated alkanes) is 1. The fourth-order valence-corrected chi connectivity index (χ4v) is 3.43. The van der Waals surface area contributed by atoms with Crippen LogP contribution >= 0.6 is 0 Å². The standard InChI is InChI=1S/C22H22NO6/c1-2-3-9-28-22(26)19-21(25)18-14(12-23-19)4-6-17(20(18)24)29-15-5-7-16-13(11-15)8-10-27-16/h4-7,11-12,17,19,25H,2-3,8-10H2,1H3. The van der Waals surface area contributed by atoms with E-state index < -0.39 is 29.7 Å². The molecule has 0 saturated heterocycles. The number of rotatable bonds is 6. The minimum Gasteiger partial charge on any atom is -0.509 e. The van der Waals surface area contributed by atoms with E-state index >= 15 is 0 Å². The fourth-order valence-electron chi connectivity index (χ4n) is 3.43. The number of fused-ring (bicyclic) bond motifs is 2. The zero-order valence-corrected chi connectivity index (χ0v) is 16.1. The molecule has 7 nitrogen and oxygen atoms in total. The summed E-state index contributed by atoms with van der Waals surface area (Å²) in [4.78, 5) is 25.2. The van der Waals surface area contributed by atoms with Gasteiger partial charge in [-0.3, -0.25) is 10.1 Å². The van der Waals surface area contributed by atoms with Gasteiger partial charge >= 0.3 is 5.97 Å². The van der Waals surface area contributed by atoms with E-state index in [0.29, 0.717) is 17.9 Å². The van der Waals surface area contributed by atoms with Crippen LogP contribution in [0.1, 0.15) is 25.3 Å². The quantitative estimate of drug-likeness (QED) is 0.586. The Balaban J connectivity index is 1.52. The first-order valence-corrected chi connectivity index (χ1v) is 9.73. The summed E-state index contributed by atoms with van der Waals surface area (Å²) in [7, 11) is 0. The Labute approximate surface area is 168 Å². The van der Waals surface area contributed by atoms with E-state index in [0.717, 1.165) is 30.6 Å². The van der Waals surface area contributed by atoms with Gasteiger partial charge in [0.2, 0.25) is 11.8 Å². The molecule has 2 atom stereocenters. The van der Waals surface area contributed by atoms with E-state index in [4.69, 9.17) is 14.2 Å². The van der Waals surface area contributed by atoms with Crippen LogP contribution in [0.5, 0.6) is 11.5 Å². The molecule has 1 N–H and O–H groups in total. The summed E-state index contributed by atoms with van der Waals surface area (Å²) in [6.07, 6.45) is 6.19. The van der Waals surface area contributed by atoms with Gasteiger partial charge in [0.25, 0.3) is 0 Å². The van der Waals surface area contributed by atoms with Crippen molar-refractivity contribution < 1.29 is 28.9 Å². The Hall–Kier alpha value is -3.22. The molecule has 1 aromatic carbocycles. The van der Waals surface area contributed by atoms with Crippen molar-refractivity contribution in [1.82, 2.24) is 5.32 Å². The van der Waals surface area contributed by atoms with E-state index in [2.05, 4.69) is 5.32 Å². The van der Waals surface area contributed by atoms with E-state index in [1.54, 1.807) is 18.2 Å². The average Bonchev–Trinajstić information content (AvgIpc) is 3.18. The third kappa shape index (κ3) is 3.72. The van der Waals surface area contributed by atoms with E-state index in [9.17, 15) is 14.7 Å². The van der Waals surface area contributed by atoms with Crippen molar-refractivity contribution in [3.8, 4) is 11.5 Å². The Kier molecular flexibility index (Phi) is 5.29. The molecular weight excluding hydrogens is 374 g/mol. The number of hydrogen-bond donors (Lipinski definition) is 1. The van der Waals surface area contributed by atoms with Crippen LogP contribution in [-0.4, -0.2) is 42.2 Å². The average molecular weight is 396 g/mol. The molecule has 1 aliphatic carbocycles. The summed E-state index contributed by atoms with van der Waals surface area (Å²) in [5.74, 6) is -0.117. The summed E-state index contributed by atoms with van der Waals surface area (Å²) >= 11 is 0. The summed E-state index contributed by atoms with van der Waals surface area (Å²) in [6.45, 7) is 2.87. The molecule has 29 heavy (non-hydrogen) atoms. The Morgan fingerprint density at radius 1 is 1.38 bits per heavy atom. The van der Waals surface area contributed by atoms with Crippen LogP contribution in [0.2, 0.25) is 0 Å². The predicted octanol–water partition coefficient (Wildman–Crippen LogP) is 2.53. The van der Waals surface area contributed by atoms with Crippen LogP contribution in [0.15, 0.2) is 53.5 Å². The number of nitrogens with zero attached hydrogens (tertiary/aromatic N) is 1. The second-order valence-electron chi connectivity index (χ2n) is 7.05. The number of carbonyl (C=O) groups excluding carboxylic acids is 2. The third-order valence-electron chi connectivity index (χ3n) is 5.01. The first kappa shape index (κ1) is 19.1. The van der Waals surface area contributed by atoms with Crippen LogP contribution in [-0.2, 0) is 20.7 Å². The van der Waals surface area contributed by atoms with Crippen molar-refractivity contribution >= 4 is 11.8 Å². The van der Waals surface area contributed by atoms with Gasteiger partial charge in [-0.25, -0.2) is 4.79 Å². The molecule has 2 unspecified atom stereocenters. The maximum absolute atomic E-state index is 13.0. The smallest absolute Gasteiger partial charge is 0.338 e. The number of aliphatic hydroxyl groups excluding tert-OH is 1. The molecule has 0 amide bonds. The van der Waals surface area contributed by atoms with Gasteiger partial charge in [0, 0.05) is 23.8 Å². The van der Waals surface area contributed by atoms with Crippen molar-refractivity contribution in [3.63, 3.8) is 0 Å². The van der Waals surface area contributed by atoms with Gasteiger partial charge in [-0.2, -0.15) is 0 Å². The highest BCUT2D eigenvalue weighted by atomic mass is 16.5. The largest absolute Gasteiger partial charge is 0.509 e. The van der Waals surface area contributed by atoms with E-state index in [1.807, 2.05) is 19.1 Å². The number of hydrogen-bond acceptors (Lipinski definition) is 6. The van der Waals surface area contributed by atoms with Gasteiger partial charge in [-0.05, 0) is 30.7 Å². The first-order chi connectivity index (χ1) is 14.1. The number of esters is 1. The van der Waals surface area contributed by atoms with Gasteiger partial charge < -0.3 is 19.3 Å². The molecule has 0 bridgehead atoms.